The molecule has 3 rings (SSSR count). The fourth-order valence-corrected chi connectivity index (χ4v) is 4.61. The zero-order valence-corrected chi connectivity index (χ0v) is 18.1. The van der Waals surface area contributed by atoms with E-state index in [4.69, 9.17) is 0 Å². The summed E-state index contributed by atoms with van der Waals surface area (Å²) >= 11 is 0. The highest BCUT2D eigenvalue weighted by molar-refractivity contribution is 5.83. The molecule has 1 N–H and O–H groups in total. The lowest BCUT2D eigenvalue weighted by Gasteiger charge is -2.44. The van der Waals surface area contributed by atoms with E-state index in [2.05, 4.69) is 36.9 Å². The summed E-state index contributed by atoms with van der Waals surface area (Å²) in [5.74, 6) is 1.46. The number of carbonyl (C=O) groups excluding carboxylic acids is 1. The first-order chi connectivity index (χ1) is 13.9. The second-order valence-corrected chi connectivity index (χ2v) is 8.69. The highest BCUT2D eigenvalue weighted by Gasteiger charge is 2.35. The van der Waals surface area contributed by atoms with E-state index in [0.717, 1.165) is 31.5 Å². The SMILES string of the molecule is CC1CCN(CCC(C(=O)N(C)C)c2ccccc2)C(c2cccc(O)c2)C1C. The fourth-order valence-electron chi connectivity index (χ4n) is 4.61. The molecule has 2 aromatic rings. The van der Waals surface area contributed by atoms with E-state index in [-0.39, 0.29) is 17.9 Å². The van der Waals surface area contributed by atoms with Gasteiger partial charge in [0.05, 0.1) is 5.92 Å². The first kappa shape index (κ1) is 21.4. The summed E-state index contributed by atoms with van der Waals surface area (Å²) in [5, 5.41) is 10.0. The molecule has 1 aliphatic heterocycles. The second-order valence-electron chi connectivity index (χ2n) is 8.69. The van der Waals surface area contributed by atoms with Crippen molar-refractivity contribution in [1.82, 2.24) is 9.80 Å². The van der Waals surface area contributed by atoms with Crippen LogP contribution in [-0.2, 0) is 4.79 Å². The average molecular weight is 395 g/mol. The van der Waals surface area contributed by atoms with Crippen molar-refractivity contribution in [2.75, 3.05) is 27.2 Å². The Morgan fingerprint density at radius 2 is 1.86 bits per heavy atom. The Balaban J connectivity index is 1.82. The molecule has 4 unspecified atom stereocenters. The van der Waals surface area contributed by atoms with Gasteiger partial charge in [-0.15, -0.1) is 0 Å². The number of hydrogen-bond donors (Lipinski definition) is 1. The molecule has 1 amide bonds. The normalized spacial score (nSPS) is 23.5. The quantitative estimate of drug-likeness (QED) is 0.774. The van der Waals surface area contributed by atoms with Crippen LogP contribution in [0.5, 0.6) is 5.75 Å². The number of hydrogen-bond acceptors (Lipinski definition) is 3. The van der Waals surface area contributed by atoms with Gasteiger partial charge in [0, 0.05) is 20.1 Å². The summed E-state index contributed by atoms with van der Waals surface area (Å²) in [4.78, 5) is 17.1. The number of carbonyl (C=O) groups is 1. The van der Waals surface area contributed by atoms with Gasteiger partial charge in [0.25, 0.3) is 0 Å². The molecule has 1 heterocycles. The first-order valence-corrected chi connectivity index (χ1v) is 10.7. The molecule has 156 valence electrons. The molecule has 1 aliphatic rings. The van der Waals surface area contributed by atoms with Crippen molar-refractivity contribution in [1.29, 1.82) is 0 Å². The van der Waals surface area contributed by atoms with Crippen LogP contribution < -0.4 is 0 Å². The van der Waals surface area contributed by atoms with Crippen molar-refractivity contribution in [3.63, 3.8) is 0 Å². The lowest BCUT2D eigenvalue weighted by atomic mass is 9.78. The summed E-state index contributed by atoms with van der Waals surface area (Å²) in [6.45, 7) is 6.51. The van der Waals surface area contributed by atoms with Gasteiger partial charge in [-0.05, 0) is 61.0 Å². The number of nitrogens with zero attached hydrogens (tertiary/aromatic N) is 2. The molecule has 0 radical (unpaired) electrons. The van der Waals surface area contributed by atoms with Crippen LogP contribution in [0.1, 0.15) is 49.8 Å². The zero-order chi connectivity index (χ0) is 21.0. The number of likely N-dealkylation sites (N-methyl/N-ethyl adjacent to an activating group) is 1. The molecule has 1 fully saturated rings. The number of aromatic hydroxyl groups is 1. The molecule has 0 bridgehead atoms. The third-order valence-corrected chi connectivity index (χ3v) is 6.52. The lowest BCUT2D eigenvalue weighted by Crippen LogP contribution is -2.43. The highest BCUT2D eigenvalue weighted by atomic mass is 16.3. The minimum atomic E-state index is -0.134. The van der Waals surface area contributed by atoms with E-state index in [0.29, 0.717) is 17.6 Å². The van der Waals surface area contributed by atoms with Gasteiger partial charge in [0.2, 0.25) is 5.91 Å². The smallest absolute Gasteiger partial charge is 0.229 e. The molecule has 0 spiro atoms. The van der Waals surface area contributed by atoms with Crippen LogP contribution in [0.15, 0.2) is 54.6 Å². The number of rotatable bonds is 6. The molecule has 0 aromatic heterocycles. The number of amides is 1. The summed E-state index contributed by atoms with van der Waals surface area (Å²) in [5.41, 5.74) is 2.25. The second kappa shape index (κ2) is 9.45. The molecule has 1 saturated heterocycles. The van der Waals surface area contributed by atoms with E-state index in [9.17, 15) is 9.90 Å². The van der Waals surface area contributed by atoms with E-state index < -0.39 is 0 Å². The van der Waals surface area contributed by atoms with E-state index in [1.54, 1.807) is 11.0 Å². The van der Waals surface area contributed by atoms with Gasteiger partial charge in [-0.25, -0.2) is 0 Å². The summed E-state index contributed by atoms with van der Waals surface area (Å²) in [6.07, 6.45) is 1.95. The Kier molecular flexibility index (Phi) is 6.96. The molecule has 0 saturated carbocycles. The lowest BCUT2D eigenvalue weighted by molar-refractivity contribution is -0.130. The Hall–Kier alpha value is -2.33. The maximum absolute atomic E-state index is 12.9. The van der Waals surface area contributed by atoms with Crippen LogP contribution in [0.2, 0.25) is 0 Å². The van der Waals surface area contributed by atoms with Gasteiger partial charge in [0.1, 0.15) is 5.75 Å². The zero-order valence-electron chi connectivity index (χ0n) is 18.1. The van der Waals surface area contributed by atoms with Crippen molar-refractivity contribution in [3.05, 3.63) is 65.7 Å². The Bertz CT molecular complexity index is 805. The van der Waals surface area contributed by atoms with Gasteiger partial charge in [-0.2, -0.15) is 0 Å². The molecule has 29 heavy (non-hydrogen) atoms. The van der Waals surface area contributed by atoms with Crippen LogP contribution >= 0.6 is 0 Å². The molecular formula is C25H34N2O2. The average Bonchev–Trinajstić information content (AvgIpc) is 2.71. The van der Waals surface area contributed by atoms with Crippen molar-refractivity contribution in [2.45, 2.75) is 38.6 Å². The standard InChI is InChI=1S/C25H34N2O2/c1-18-13-15-27(24(19(18)2)21-11-8-12-22(28)17-21)16-14-23(25(29)26(3)4)20-9-6-5-7-10-20/h5-12,17-19,23-24,28H,13-16H2,1-4H3. The first-order valence-electron chi connectivity index (χ1n) is 10.7. The van der Waals surface area contributed by atoms with Gasteiger partial charge in [-0.1, -0.05) is 56.3 Å². The van der Waals surface area contributed by atoms with Crippen molar-refractivity contribution >= 4 is 5.91 Å². The topological polar surface area (TPSA) is 43.8 Å². The number of benzene rings is 2. The van der Waals surface area contributed by atoms with Crippen LogP contribution in [0.4, 0.5) is 0 Å². The highest BCUT2D eigenvalue weighted by Crippen LogP contribution is 2.40. The van der Waals surface area contributed by atoms with Gasteiger partial charge < -0.3 is 10.0 Å². The number of piperidine rings is 1. The predicted molar refractivity (Wildman–Crippen MR) is 118 cm³/mol. The van der Waals surface area contributed by atoms with Gasteiger partial charge >= 0.3 is 0 Å². The van der Waals surface area contributed by atoms with Crippen LogP contribution in [0.3, 0.4) is 0 Å². The number of likely N-dealkylation sites (tertiary alicyclic amines) is 1. The number of phenolic OH excluding ortho intramolecular Hbond substituents is 1. The van der Waals surface area contributed by atoms with Crippen molar-refractivity contribution in [2.24, 2.45) is 11.8 Å². The molecular weight excluding hydrogens is 360 g/mol. The summed E-state index contributed by atoms with van der Waals surface area (Å²) in [7, 11) is 3.66. The van der Waals surface area contributed by atoms with Crippen molar-refractivity contribution < 1.29 is 9.90 Å². The minimum Gasteiger partial charge on any atom is -0.508 e. The largest absolute Gasteiger partial charge is 0.508 e. The van der Waals surface area contributed by atoms with Gasteiger partial charge in [-0.3, -0.25) is 9.69 Å². The maximum atomic E-state index is 12.9. The maximum Gasteiger partial charge on any atom is 0.229 e. The van der Waals surface area contributed by atoms with Gasteiger partial charge in [0.15, 0.2) is 0 Å². The fraction of sp³-hybridized carbons (Fsp3) is 0.480. The Labute approximate surface area is 175 Å². The Morgan fingerprint density at radius 3 is 2.52 bits per heavy atom. The third-order valence-electron chi connectivity index (χ3n) is 6.52. The summed E-state index contributed by atoms with van der Waals surface area (Å²) < 4.78 is 0. The van der Waals surface area contributed by atoms with E-state index in [1.165, 1.54) is 5.56 Å². The monoisotopic (exact) mass is 394 g/mol. The minimum absolute atomic E-state index is 0.134. The molecule has 0 aliphatic carbocycles. The molecule has 2 aromatic carbocycles. The van der Waals surface area contributed by atoms with Crippen molar-refractivity contribution in [3.8, 4) is 5.75 Å². The van der Waals surface area contributed by atoms with Crippen LogP contribution in [-0.4, -0.2) is 48.0 Å². The predicted octanol–water partition coefficient (Wildman–Crippen LogP) is 4.67. The Morgan fingerprint density at radius 1 is 1.14 bits per heavy atom. The van der Waals surface area contributed by atoms with E-state index >= 15 is 0 Å². The van der Waals surface area contributed by atoms with Crippen LogP contribution in [0.25, 0.3) is 0 Å². The summed E-state index contributed by atoms with van der Waals surface area (Å²) in [6, 6.07) is 18.0. The molecule has 4 nitrogen and oxygen atoms in total. The van der Waals surface area contributed by atoms with E-state index in [1.807, 2.05) is 44.4 Å². The van der Waals surface area contributed by atoms with Crippen LogP contribution in [0, 0.1) is 11.8 Å². The number of phenols is 1. The molecule has 4 atom stereocenters. The third kappa shape index (κ3) is 4.99. The molecule has 4 heteroatoms.